The Morgan fingerprint density at radius 1 is 1.90 bits per heavy atom. The third kappa shape index (κ3) is 0.841. The van der Waals surface area contributed by atoms with E-state index in [9.17, 15) is 10.2 Å². The fraction of sp³-hybridized carbons (Fsp3) is 0.500. The number of hydrogen-bond donors (Lipinski definition) is 2. The third-order valence-corrected chi connectivity index (χ3v) is 1.87. The summed E-state index contributed by atoms with van der Waals surface area (Å²) in [4.78, 5) is 0. The average Bonchev–Trinajstić information content (AvgIpc) is 2.19. The first kappa shape index (κ1) is 7.33. The van der Waals surface area contributed by atoms with Gasteiger partial charge in [-0.05, 0) is 12.5 Å². The minimum Gasteiger partial charge on any atom is -0.385 e. The lowest BCUT2D eigenvalue weighted by molar-refractivity contribution is 0.00149. The lowest BCUT2D eigenvalue weighted by atomic mass is 9.98. The van der Waals surface area contributed by atoms with Crippen LogP contribution >= 0.6 is 0 Å². The van der Waals surface area contributed by atoms with Crippen LogP contribution in [0.25, 0.3) is 0 Å². The molecular formula is C8H10O2. The molecule has 0 fully saturated rings. The molecule has 0 aromatic heterocycles. The van der Waals surface area contributed by atoms with Gasteiger partial charge >= 0.3 is 0 Å². The van der Waals surface area contributed by atoms with E-state index in [0.29, 0.717) is 6.42 Å². The monoisotopic (exact) mass is 138 g/mol. The van der Waals surface area contributed by atoms with Crippen LogP contribution in [0.3, 0.4) is 0 Å². The Balaban J connectivity index is 2.85. The third-order valence-electron chi connectivity index (χ3n) is 1.87. The highest BCUT2D eigenvalue weighted by Gasteiger charge is 2.37. The Morgan fingerprint density at radius 3 is 2.70 bits per heavy atom. The predicted octanol–water partition coefficient (Wildman–Crippen LogP) is 0.0616. The van der Waals surface area contributed by atoms with Crippen molar-refractivity contribution >= 4 is 0 Å². The maximum atomic E-state index is 9.40. The van der Waals surface area contributed by atoms with Gasteiger partial charge < -0.3 is 10.2 Å². The van der Waals surface area contributed by atoms with E-state index in [1.54, 1.807) is 13.0 Å². The zero-order valence-electron chi connectivity index (χ0n) is 5.83. The van der Waals surface area contributed by atoms with Crippen molar-refractivity contribution in [2.24, 2.45) is 0 Å². The molecule has 2 nitrogen and oxygen atoms in total. The largest absolute Gasteiger partial charge is 0.385 e. The van der Waals surface area contributed by atoms with Crippen LogP contribution in [0.1, 0.15) is 13.3 Å². The van der Waals surface area contributed by atoms with E-state index in [0.717, 1.165) is 5.57 Å². The molecule has 0 saturated heterocycles. The van der Waals surface area contributed by atoms with E-state index in [1.807, 2.05) is 0 Å². The van der Waals surface area contributed by atoms with E-state index in [1.165, 1.54) is 0 Å². The van der Waals surface area contributed by atoms with Crippen LogP contribution in [0.4, 0.5) is 0 Å². The molecule has 2 atom stereocenters. The molecule has 0 bridgehead atoms. The summed E-state index contributed by atoms with van der Waals surface area (Å²) in [6.07, 6.45) is 6.26. The summed E-state index contributed by atoms with van der Waals surface area (Å²) in [7, 11) is 0. The first-order valence-electron chi connectivity index (χ1n) is 3.15. The highest BCUT2D eigenvalue weighted by molar-refractivity contribution is 5.29. The molecule has 0 aromatic carbocycles. The molecule has 1 rings (SSSR count). The van der Waals surface area contributed by atoms with Crippen LogP contribution in [-0.4, -0.2) is 21.9 Å². The Hall–Kier alpha value is -0.780. The standard InChI is InChI=1S/C8H10O2/c1-3-8(10)5-4-6(2)7(8)9/h1,4,7,9-10H,5H2,2H3/t7-,8+/m0/s1. The molecule has 10 heavy (non-hydrogen) atoms. The molecule has 0 spiro atoms. The van der Waals surface area contributed by atoms with Gasteiger partial charge in [-0.2, -0.15) is 0 Å². The molecule has 2 N–H and O–H groups in total. The van der Waals surface area contributed by atoms with Crippen molar-refractivity contribution in [1.82, 2.24) is 0 Å². The number of terminal acetylenes is 1. The number of aliphatic hydroxyl groups excluding tert-OH is 1. The van der Waals surface area contributed by atoms with Crippen molar-refractivity contribution in [2.45, 2.75) is 25.0 Å². The van der Waals surface area contributed by atoms with Gasteiger partial charge in [0.25, 0.3) is 0 Å². The molecule has 0 radical (unpaired) electrons. The van der Waals surface area contributed by atoms with Gasteiger partial charge in [0.15, 0.2) is 5.60 Å². The van der Waals surface area contributed by atoms with Crippen molar-refractivity contribution < 1.29 is 10.2 Å². The summed E-state index contributed by atoms with van der Waals surface area (Å²) >= 11 is 0. The Bertz CT molecular complexity index is 212. The molecule has 0 heterocycles. The topological polar surface area (TPSA) is 40.5 Å². The van der Waals surface area contributed by atoms with Gasteiger partial charge in [0.2, 0.25) is 0 Å². The summed E-state index contributed by atoms with van der Waals surface area (Å²) in [6, 6.07) is 0. The van der Waals surface area contributed by atoms with E-state index in [4.69, 9.17) is 6.42 Å². The molecule has 0 aliphatic heterocycles. The molecule has 2 heteroatoms. The van der Waals surface area contributed by atoms with E-state index >= 15 is 0 Å². The molecule has 0 saturated carbocycles. The van der Waals surface area contributed by atoms with Crippen molar-refractivity contribution in [3.63, 3.8) is 0 Å². The second kappa shape index (κ2) is 2.12. The summed E-state index contributed by atoms with van der Waals surface area (Å²) in [5.41, 5.74) is -0.593. The maximum absolute atomic E-state index is 9.40. The smallest absolute Gasteiger partial charge is 0.158 e. The average molecular weight is 138 g/mol. The SMILES string of the molecule is C#C[C@@]1(O)CC=C(C)[C@@H]1O. The van der Waals surface area contributed by atoms with Gasteiger partial charge in [0.05, 0.1) is 0 Å². The number of hydrogen-bond acceptors (Lipinski definition) is 2. The lowest BCUT2D eigenvalue weighted by Crippen LogP contribution is -2.37. The van der Waals surface area contributed by atoms with Gasteiger partial charge in [0, 0.05) is 6.42 Å². The van der Waals surface area contributed by atoms with Crippen molar-refractivity contribution in [3.05, 3.63) is 11.6 Å². The second-order valence-corrected chi connectivity index (χ2v) is 2.62. The fourth-order valence-corrected chi connectivity index (χ4v) is 1.05. The highest BCUT2D eigenvalue weighted by Crippen LogP contribution is 2.28. The Labute approximate surface area is 60.2 Å². The normalized spacial score (nSPS) is 39.0. The van der Waals surface area contributed by atoms with E-state index in [2.05, 4.69) is 5.92 Å². The minimum absolute atomic E-state index is 0.358. The molecule has 0 amide bonds. The van der Waals surface area contributed by atoms with Gasteiger partial charge in [0.1, 0.15) is 6.10 Å². The van der Waals surface area contributed by atoms with Gasteiger partial charge in [-0.15, -0.1) is 6.42 Å². The highest BCUT2D eigenvalue weighted by atomic mass is 16.3. The summed E-state index contributed by atoms with van der Waals surface area (Å²) in [5.74, 6) is 2.17. The van der Waals surface area contributed by atoms with Crippen LogP contribution in [0, 0.1) is 12.3 Å². The van der Waals surface area contributed by atoms with E-state index in [-0.39, 0.29) is 0 Å². The van der Waals surface area contributed by atoms with Crippen LogP contribution in [0.15, 0.2) is 11.6 Å². The molecule has 0 unspecified atom stereocenters. The minimum atomic E-state index is -1.34. The van der Waals surface area contributed by atoms with Crippen molar-refractivity contribution in [3.8, 4) is 12.3 Å². The van der Waals surface area contributed by atoms with Gasteiger partial charge in [-0.3, -0.25) is 0 Å². The molecule has 1 aliphatic rings. The van der Waals surface area contributed by atoms with Crippen molar-refractivity contribution in [1.29, 1.82) is 0 Å². The molecule has 54 valence electrons. The fourth-order valence-electron chi connectivity index (χ4n) is 1.05. The number of aliphatic hydroxyl groups is 2. The molecule has 0 aromatic rings. The number of rotatable bonds is 0. The van der Waals surface area contributed by atoms with Gasteiger partial charge in [-0.1, -0.05) is 12.0 Å². The van der Waals surface area contributed by atoms with Crippen molar-refractivity contribution in [2.75, 3.05) is 0 Å². The predicted molar refractivity (Wildman–Crippen MR) is 38.2 cm³/mol. The van der Waals surface area contributed by atoms with Crippen LogP contribution in [0.2, 0.25) is 0 Å². The lowest BCUT2D eigenvalue weighted by Gasteiger charge is -2.20. The molecule has 1 aliphatic carbocycles. The Morgan fingerprint density at radius 2 is 2.50 bits per heavy atom. The van der Waals surface area contributed by atoms with E-state index < -0.39 is 11.7 Å². The zero-order valence-corrected chi connectivity index (χ0v) is 5.83. The summed E-state index contributed by atoms with van der Waals surface area (Å²) in [6.45, 7) is 1.75. The first-order chi connectivity index (χ1) is 4.60. The summed E-state index contributed by atoms with van der Waals surface area (Å²) < 4.78 is 0. The quantitative estimate of drug-likeness (QED) is 0.367. The Kier molecular flexibility index (Phi) is 1.55. The van der Waals surface area contributed by atoms with Crippen LogP contribution in [-0.2, 0) is 0 Å². The maximum Gasteiger partial charge on any atom is 0.158 e. The zero-order chi connectivity index (χ0) is 7.78. The second-order valence-electron chi connectivity index (χ2n) is 2.62. The first-order valence-corrected chi connectivity index (χ1v) is 3.15. The van der Waals surface area contributed by atoms with Gasteiger partial charge in [-0.25, -0.2) is 0 Å². The molecular weight excluding hydrogens is 128 g/mol. The van der Waals surface area contributed by atoms with Crippen LogP contribution < -0.4 is 0 Å². The summed E-state index contributed by atoms with van der Waals surface area (Å²) in [5, 5.41) is 18.7. The van der Waals surface area contributed by atoms with Crippen LogP contribution in [0.5, 0.6) is 0 Å².